The minimum Gasteiger partial charge on any atom is -0.393 e. The van der Waals surface area contributed by atoms with Gasteiger partial charge in [-0.2, -0.15) is 0 Å². The first kappa shape index (κ1) is 14.5. The summed E-state index contributed by atoms with van der Waals surface area (Å²) in [5, 5.41) is 9.26. The fraction of sp³-hybridized carbons (Fsp3) is 0.929. The lowest BCUT2D eigenvalue weighted by atomic mass is 10.1. The third kappa shape index (κ3) is 5.07. The van der Waals surface area contributed by atoms with Gasteiger partial charge in [-0.3, -0.25) is 4.79 Å². The van der Waals surface area contributed by atoms with Gasteiger partial charge < -0.3 is 10.0 Å². The van der Waals surface area contributed by atoms with Crippen LogP contribution in [0.25, 0.3) is 0 Å². The Bertz CT molecular complexity index is 232. The minimum absolute atomic E-state index is 0.228. The van der Waals surface area contributed by atoms with Crippen LogP contribution in [0.4, 0.5) is 0 Å². The molecule has 0 aromatic rings. The number of hydrogen-bond donors (Lipinski definition) is 1. The summed E-state index contributed by atoms with van der Waals surface area (Å²) >= 11 is 0. The SMILES string of the molecule is CC(C)CN(C(=O)CCC(C)O)C1CCCC1. The van der Waals surface area contributed by atoms with Crippen LogP contribution in [0, 0.1) is 5.92 Å². The van der Waals surface area contributed by atoms with Crippen molar-refractivity contribution in [2.24, 2.45) is 5.92 Å². The van der Waals surface area contributed by atoms with Gasteiger partial charge in [-0.15, -0.1) is 0 Å². The number of rotatable bonds is 6. The summed E-state index contributed by atoms with van der Waals surface area (Å²) in [5.41, 5.74) is 0. The first-order valence-corrected chi connectivity index (χ1v) is 6.98. The van der Waals surface area contributed by atoms with Gasteiger partial charge in [0, 0.05) is 19.0 Å². The van der Waals surface area contributed by atoms with E-state index in [0.717, 1.165) is 19.4 Å². The van der Waals surface area contributed by atoms with Crippen molar-refractivity contribution >= 4 is 5.91 Å². The quantitative estimate of drug-likeness (QED) is 0.776. The van der Waals surface area contributed by atoms with E-state index in [1.165, 1.54) is 12.8 Å². The standard InChI is InChI=1S/C14H27NO2/c1-11(2)10-15(13-6-4-5-7-13)14(17)9-8-12(3)16/h11-13,16H,4-10H2,1-3H3. The van der Waals surface area contributed by atoms with Crippen molar-refractivity contribution in [2.75, 3.05) is 6.54 Å². The normalized spacial score (nSPS) is 18.6. The van der Waals surface area contributed by atoms with E-state index < -0.39 is 0 Å². The van der Waals surface area contributed by atoms with Crippen molar-refractivity contribution in [3.05, 3.63) is 0 Å². The summed E-state index contributed by atoms with van der Waals surface area (Å²) in [4.78, 5) is 14.3. The predicted molar refractivity (Wildman–Crippen MR) is 69.7 cm³/mol. The van der Waals surface area contributed by atoms with Crippen LogP contribution in [0.15, 0.2) is 0 Å². The van der Waals surface area contributed by atoms with Gasteiger partial charge in [-0.05, 0) is 32.1 Å². The molecule has 1 rings (SSSR count). The van der Waals surface area contributed by atoms with E-state index in [4.69, 9.17) is 0 Å². The fourth-order valence-corrected chi connectivity index (χ4v) is 2.54. The van der Waals surface area contributed by atoms with Crippen molar-refractivity contribution in [3.63, 3.8) is 0 Å². The van der Waals surface area contributed by atoms with Crippen molar-refractivity contribution in [3.8, 4) is 0 Å². The van der Waals surface area contributed by atoms with Crippen LogP contribution >= 0.6 is 0 Å². The third-order valence-corrected chi connectivity index (χ3v) is 3.42. The van der Waals surface area contributed by atoms with E-state index in [9.17, 15) is 9.90 Å². The Hall–Kier alpha value is -0.570. The molecule has 1 aliphatic rings. The van der Waals surface area contributed by atoms with Crippen LogP contribution in [0.5, 0.6) is 0 Å². The largest absolute Gasteiger partial charge is 0.393 e. The number of aliphatic hydroxyl groups is 1. The number of carbonyl (C=O) groups excluding carboxylic acids is 1. The monoisotopic (exact) mass is 241 g/mol. The second-order valence-corrected chi connectivity index (χ2v) is 5.77. The van der Waals surface area contributed by atoms with Crippen molar-refractivity contribution in [2.45, 2.75) is 71.4 Å². The van der Waals surface area contributed by atoms with E-state index in [1.54, 1.807) is 6.92 Å². The second kappa shape index (κ2) is 7.00. The van der Waals surface area contributed by atoms with E-state index >= 15 is 0 Å². The van der Waals surface area contributed by atoms with Gasteiger partial charge in [0.15, 0.2) is 0 Å². The summed E-state index contributed by atoms with van der Waals surface area (Å²) in [6, 6.07) is 0.457. The minimum atomic E-state index is -0.372. The lowest BCUT2D eigenvalue weighted by Gasteiger charge is -2.31. The number of nitrogens with zero attached hydrogens (tertiary/aromatic N) is 1. The summed E-state index contributed by atoms with van der Waals surface area (Å²) < 4.78 is 0. The van der Waals surface area contributed by atoms with Crippen LogP contribution in [0.1, 0.15) is 59.3 Å². The van der Waals surface area contributed by atoms with Crippen LogP contribution in [-0.4, -0.2) is 34.6 Å². The van der Waals surface area contributed by atoms with Crippen molar-refractivity contribution in [1.29, 1.82) is 0 Å². The number of carbonyl (C=O) groups is 1. The molecule has 0 aromatic heterocycles. The average molecular weight is 241 g/mol. The lowest BCUT2D eigenvalue weighted by molar-refractivity contribution is -0.134. The number of amides is 1. The molecule has 0 bridgehead atoms. The summed E-state index contributed by atoms with van der Waals surface area (Å²) in [6.07, 6.45) is 5.52. The van der Waals surface area contributed by atoms with Gasteiger partial charge in [0.1, 0.15) is 0 Å². The molecule has 100 valence electrons. The molecule has 0 aromatic carbocycles. The lowest BCUT2D eigenvalue weighted by Crippen LogP contribution is -2.41. The van der Waals surface area contributed by atoms with E-state index in [0.29, 0.717) is 24.8 Å². The molecule has 3 nitrogen and oxygen atoms in total. The Labute approximate surface area is 105 Å². The molecule has 1 saturated carbocycles. The van der Waals surface area contributed by atoms with Gasteiger partial charge in [-0.25, -0.2) is 0 Å². The molecule has 0 aliphatic heterocycles. The Kier molecular flexibility index (Phi) is 5.96. The molecule has 0 heterocycles. The van der Waals surface area contributed by atoms with Gasteiger partial charge in [0.25, 0.3) is 0 Å². The molecular weight excluding hydrogens is 214 g/mol. The second-order valence-electron chi connectivity index (χ2n) is 5.77. The zero-order valence-electron chi connectivity index (χ0n) is 11.5. The van der Waals surface area contributed by atoms with Crippen molar-refractivity contribution in [1.82, 2.24) is 4.90 Å². The fourth-order valence-electron chi connectivity index (χ4n) is 2.54. The molecule has 17 heavy (non-hydrogen) atoms. The smallest absolute Gasteiger partial charge is 0.222 e. The maximum atomic E-state index is 12.2. The van der Waals surface area contributed by atoms with Gasteiger partial charge in [-0.1, -0.05) is 26.7 Å². The van der Waals surface area contributed by atoms with Gasteiger partial charge >= 0.3 is 0 Å². The van der Waals surface area contributed by atoms with Gasteiger partial charge in [0.05, 0.1) is 6.10 Å². The highest BCUT2D eigenvalue weighted by molar-refractivity contribution is 5.76. The maximum Gasteiger partial charge on any atom is 0.222 e. The Morgan fingerprint density at radius 2 is 1.88 bits per heavy atom. The van der Waals surface area contributed by atoms with E-state index in [1.807, 2.05) is 0 Å². The average Bonchev–Trinajstić information content (AvgIpc) is 2.75. The molecule has 0 radical (unpaired) electrons. The molecule has 1 unspecified atom stereocenters. The zero-order chi connectivity index (χ0) is 12.8. The number of hydrogen-bond acceptors (Lipinski definition) is 2. The summed E-state index contributed by atoms with van der Waals surface area (Å²) in [5.74, 6) is 0.748. The zero-order valence-corrected chi connectivity index (χ0v) is 11.5. The highest BCUT2D eigenvalue weighted by atomic mass is 16.3. The van der Waals surface area contributed by atoms with Crippen LogP contribution in [0.3, 0.4) is 0 Å². The molecule has 1 atom stereocenters. The molecule has 1 aliphatic carbocycles. The Balaban J connectivity index is 2.51. The first-order chi connectivity index (χ1) is 8.00. The van der Waals surface area contributed by atoms with E-state index in [-0.39, 0.29) is 12.0 Å². The molecular formula is C14H27NO2. The van der Waals surface area contributed by atoms with Gasteiger partial charge in [0.2, 0.25) is 5.91 Å². The molecule has 0 saturated heterocycles. The maximum absolute atomic E-state index is 12.2. The van der Waals surface area contributed by atoms with Crippen LogP contribution in [-0.2, 0) is 4.79 Å². The third-order valence-electron chi connectivity index (χ3n) is 3.42. The molecule has 1 N–H and O–H groups in total. The molecule has 0 spiro atoms. The summed E-state index contributed by atoms with van der Waals surface area (Å²) in [6.45, 7) is 6.92. The molecule has 1 amide bonds. The van der Waals surface area contributed by atoms with E-state index in [2.05, 4.69) is 18.7 Å². The Morgan fingerprint density at radius 1 is 1.29 bits per heavy atom. The number of aliphatic hydroxyl groups excluding tert-OH is 1. The molecule has 1 fully saturated rings. The Morgan fingerprint density at radius 3 is 2.35 bits per heavy atom. The summed E-state index contributed by atoms with van der Waals surface area (Å²) in [7, 11) is 0. The van der Waals surface area contributed by atoms with Crippen LogP contribution in [0.2, 0.25) is 0 Å². The van der Waals surface area contributed by atoms with Crippen LogP contribution < -0.4 is 0 Å². The predicted octanol–water partition coefficient (Wildman–Crippen LogP) is 2.57. The van der Waals surface area contributed by atoms with Crippen molar-refractivity contribution < 1.29 is 9.90 Å². The topological polar surface area (TPSA) is 40.5 Å². The molecule has 3 heteroatoms. The highest BCUT2D eigenvalue weighted by Gasteiger charge is 2.26. The first-order valence-electron chi connectivity index (χ1n) is 6.98. The highest BCUT2D eigenvalue weighted by Crippen LogP contribution is 2.25.